The number of halogens is 1. The van der Waals surface area contributed by atoms with Gasteiger partial charge in [-0.05, 0) is 54.8 Å². The summed E-state index contributed by atoms with van der Waals surface area (Å²) in [7, 11) is 1.73. The van der Waals surface area contributed by atoms with Crippen molar-refractivity contribution in [1.29, 1.82) is 0 Å². The van der Waals surface area contributed by atoms with Crippen LogP contribution in [0.3, 0.4) is 0 Å². The lowest BCUT2D eigenvalue weighted by atomic mass is 10.0. The maximum atomic E-state index is 14.1. The topological polar surface area (TPSA) is 129 Å². The van der Waals surface area contributed by atoms with E-state index in [-0.39, 0.29) is 19.5 Å². The van der Waals surface area contributed by atoms with E-state index in [1.807, 2.05) is 13.8 Å². The van der Waals surface area contributed by atoms with Gasteiger partial charge in [0.25, 0.3) is 0 Å². The molecule has 0 saturated carbocycles. The van der Waals surface area contributed by atoms with Crippen molar-refractivity contribution in [3.05, 3.63) is 65.5 Å². The van der Waals surface area contributed by atoms with Crippen LogP contribution in [0.15, 0.2) is 48.5 Å². The summed E-state index contributed by atoms with van der Waals surface area (Å²) in [5, 5.41) is 21.5. The Labute approximate surface area is 237 Å². The molecule has 0 spiro atoms. The summed E-state index contributed by atoms with van der Waals surface area (Å²) >= 11 is 0. The van der Waals surface area contributed by atoms with Gasteiger partial charge < -0.3 is 29.4 Å². The molecule has 2 aliphatic rings. The molecule has 12 heteroatoms. The molecule has 11 nitrogen and oxygen atoms in total. The third kappa shape index (κ3) is 7.72. The Kier molecular flexibility index (Phi) is 9.79. The zero-order valence-corrected chi connectivity index (χ0v) is 23.3. The molecule has 222 valence electrons. The van der Waals surface area contributed by atoms with Crippen LogP contribution < -0.4 is 4.74 Å². The standard InChI is InChI=1S/C29H36FN3O8/c1-18(2)17-39-23-10-6-20(7-11-23)16-33-29(38)32(15-19-4-8-21(30)9-5-19)22-12-13-31(3)24(14-22)40-27(36)25(34)26(35)28(37)41-33/h4-11,18,22,24-26,34-35H,12-17H2,1-3H3. The molecular weight excluding hydrogens is 537 g/mol. The second kappa shape index (κ2) is 13.3. The highest BCUT2D eigenvalue weighted by atomic mass is 19.1. The number of rotatable bonds is 7. The predicted octanol–water partition coefficient (Wildman–Crippen LogP) is 2.44. The number of fused-ring (bicyclic) bond motifs is 2. The van der Waals surface area contributed by atoms with E-state index in [0.29, 0.717) is 42.4 Å². The van der Waals surface area contributed by atoms with E-state index >= 15 is 0 Å². The summed E-state index contributed by atoms with van der Waals surface area (Å²) in [6.07, 6.45) is -4.62. The third-order valence-electron chi connectivity index (χ3n) is 7.01. The van der Waals surface area contributed by atoms with Crippen LogP contribution in [-0.2, 0) is 32.3 Å². The first-order valence-electron chi connectivity index (χ1n) is 13.5. The normalized spacial score (nSPS) is 24.4. The first kappa shape index (κ1) is 30.2. The van der Waals surface area contributed by atoms with E-state index in [0.717, 1.165) is 5.06 Å². The van der Waals surface area contributed by atoms with Gasteiger partial charge in [0.1, 0.15) is 11.6 Å². The molecule has 2 heterocycles. The van der Waals surface area contributed by atoms with Gasteiger partial charge in [0.2, 0.25) is 0 Å². The fourth-order valence-electron chi connectivity index (χ4n) is 4.61. The van der Waals surface area contributed by atoms with Crippen LogP contribution >= 0.6 is 0 Å². The highest BCUT2D eigenvalue weighted by Gasteiger charge is 2.42. The van der Waals surface area contributed by atoms with Gasteiger partial charge in [-0.25, -0.2) is 18.8 Å². The third-order valence-corrected chi connectivity index (χ3v) is 7.01. The molecule has 4 unspecified atom stereocenters. The van der Waals surface area contributed by atoms with E-state index in [2.05, 4.69) is 0 Å². The Balaban J connectivity index is 1.67. The van der Waals surface area contributed by atoms with Gasteiger partial charge in [-0.2, -0.15) is 0 Å². The lowest BCUT2D eigenvalue weighted by Crippen LogP contribution is -2.57. The number of benzene rings is 2. The Bertz CT molecular complexity index is 1210. The van der Waals surface area contributed by atoms with Crippen LogP contribution in [0.5, 0.6) is 5.75 Å². The molecule has 2 aromatic carbocycles. The van der Waals surface area contributed by atoms with Crippen molar-refractivity contribution in [2.75, 3.05) is 20.2 Å². The van der Waals surface area contributed by atoms with E-state index in [1.165, 1.54) is 17.0 Å². The lowest BCUT2D eigenvalue weighted by Gasteiger charge is -2.43. The quantitative estimate of drug-likeness (QED) is 0.480. The number of likely N-dealkylation sites (tertiary alicyclic amines) is 1. The molecule has 2 saturated heterocycles. The Morgan fingerprint density at radius 2 is 1.56 bits per heavy atom. The number of aliphatic hydroxyl groups excluding tert-OH is 2. The van der Waals surface area contributed by atoms with Crippen LogP contribution in [0, 0.1) is 11.7 Å². The Morgan fingerprint density at radius 3 is 2.22 bits per heavy atom. The minimum absolute atomic E-state index is 0.0510. The molecule has 2 amide bonds. The zero-order valence-electron chi connectivity index (χ0n) is 23.3. The average molecular weight is 574 g/mol. The highest BCUT2D eigenvalue weighted by molar-refractivity contribution is 5.86. The van der Waals surface area contributed by atoms with Crippen LogP contribution in [0.1, 0.15) is 37.8 Å². The van der Waals surface area contributed by atoms with Crippen molar-refractivity contribution in [2.24, 2.45) is 5.92 Å². The molecule has 4 atom stereocenters. The molecule has 0 radical (unpaired) electrons. The number of carbonyl (C=O) groups is 3. The van der Waals surface area contributed by atoms with Gasteiger partial charge in [0.15, 0.2) is 18.4 Å². The molecule has 2 aliphatic heterocycles. The van der Waals surface area contributed by atoms with Gasteiger partial charge in [-0.15, -0.1) is 5.06 Å². The van der Waals surface area contributed by atoms with Crippen molar-refractivity contribution in [2.45, 2.75) is 64.3 Å². The summed E-state index contributed by atoms with van der Waals surface area (Å²) in [6, 6.07) is 11.4. The number of piperidine rings is 1. The molecule has 4 rings (SSSR count). The van der Waals surface area contributed by atoms with Crippen molar-refractivity contribution in [3.8, 4) is 5.75 Å². The van der Waals surface area contributed by atoms with Gasteiger partial charge in [-0.1, -0.05) is 38.1 Å². The van der Waals surface area contributed by atoms with E-state index in [1.54, 1.807) is 48.3 Å². The molecular formula is C29H36FN3O8. The molecule has 2 bridgehead atoms. The van der Waals surface area contributed by atoms with Gasteiger partial charge in [0.05, 0.1) is 13.2 Å². The van der Waals surface area contributed by atoms with Crippen molar-refractivity contribution >= 4 is 18.0 Å². The van der Waals surface area contributed by atoms with Gasteiger partial charge >= 0.3 is 18.0 Å². The summed E-state index contributed by atoms with van der Waals surface area (Å²) < 4.78 is 24.7. The zero-order chi connectivity index (χ0) is 29.7. The molecule has 41 heavy (non-hydrogen) atoms. The second-order valence-electron chi connectivity index (χ2n) is 10.8. The molecule has 0 aliphatic carbocycles. The first-order valence-corrected chi connectivity index (χ1v) is 13.5. The number of urea groups is 1. The SMILES string of the molecule is CC(C)COc1ccc(CN2OC(=O)C(O)C(O)C(=O)OC3CC(CCN3C)N(Cc3ccc(F)cc3)C2=O)cc1. The summed E-state index contributed by atoms with van der Waals surface area (Å²) in [4.78, 5) is 48.0. The fourth-order valence-corrected chi connectivity index (χ4v) is 4.61. The lowest BCUT2D eigenvalue weighted by molar-refractivity contribution is -0.206. The van der Waals surface area contributed by atoms with Crippen molar-refractivity contribution in [1.82, 2.24) is 14.9 Å². The Hall–Kier alpha value is -3.74. The van der Waals surface area contributed by atoms with E-state index in [4.69, 9.17) is 14.3 Å². The number of hydrogen-bond acceptors (Lipinski definition) is 9. The van der Waals surface area contributed by atoms with E-state index < -0.39 is 48.3 Å². The van der Waals surface area contributed by atoms with Gasteiger partial charge in [0, 0.05) is 25.6 Å². The highest BCUT2D eigenvalue weighted by Crippen LogP contribution is 2.27. The van der Waals surface area contributed by atoms with Crippen LogP contribution in [0.4, 0.5) is 9.18 Å². The summed E-state index contributed by atoms with van der Waals surface area (Å²) in [5.41, 5.74) is 1.22. The first-order chi connectivity index (χ1) is 19.5. The number of amides is 2. The molecule has 2 N–H and O–H groups in total. The van der Waals surface area contributed by atoms with Crippen molar-refractivity contribution < 1.29 is 43.3 Å². The van der Waals surface area contributed by atoms with Crippen LogP contribution in [0.2, 0.25) is 0 Å². The largest absolute Gasteiger partial charge is 0.493 e. The number of esters is 1. The smallest absolute Gasteiger partial charge is 0.364 e. The Morgan fingerprint density at radius 1 is 0.951 bits per heavy atom. The number of hydrogen-bond donors (Lipinski definition) is 2. The van der Waals surface area contributed by atoms with Crippen molar-refractivity contribution in [3.63, 3.8) is 0 Å². The monoisotopic (exact) mass is 573 g/mol. The van der Waals surface area contributed by atoms with Crippen LogP contribution in [0.25, 0.3) is 0 Å². The minimum Gasteiger partial charge on any atom is -0.493 e. The maximum absolute atomic E-state index is 14.1. The maximum Gasteiger partial charge on any atom is 0.364 e. The number of nitrogens with zero attached hydrogens (tertiary/aromatic N) is 3. The number of carbonyl (C=O) groups excluding carboxylic acids is 3. The number of hydroxylamine groups is 2. The van der Waals surface area contributed by atoms with Gasteiger partial charge in [-0.3, -0.25) is 4.90 Å². The number of aliphatic hydroxyl groups is 2. The summed E-state index contributed by atoms with van der Waals surface area (Å²) in [5.74, 6) is -2.05. The van der Waals surface area contributed by atoms with Crippen LogP contribution in [-0.4, -0.2) is 87.7 Å². The summed E-state index contributed by atoms with van der Waals surface area (Å²) in [6.45, 7) is 4.89. The average Bonchev–Trinajstić information content (AvgIpc) is 2.95. The molecule has 0 aromatic heterocycles. The second-order valence-corrected chi connectivity index (χ2v) is 10.8. The minimum atomic E-state index is -2.29. The number of ether oxygens (including phenoxy) is 2. The predicted molar refractivity (Wildman–Crippen MR) is 143 cm³/mol. The fraction of sp³-hybridized carbons (Fsp3) is 0.483. The molecule has 2 fully saturated rings. The van der Waals surface area contributed by atoms with E-state index in [9.17, 15) is 29.0 Å². The molecule has 2 aromatic rings.